The fourth-order valence-electron chi connectivity index (χ4n) is 4.25. The number of likely N-dealkylation sites (tertiary alicyclic amines) is 1. The molecule has 5 rings (SSSR count). The van der Waals surface area contributed by atoms with Gasteiger partial charge in [-0.1, -0.05) is 24.3 Å². The maximum Gasteiger partial charge on any atom is 0.259 e. The van der Waals surface area contributed by atoms with Crippen molar-refractivity contribution in [2.75, 3.05) is 13.1 Å². The normalized spacial score (nSPS) is 16.0. The zero-order valence-electron chi connectivity index (χ0n) is 18.1. The molecule has 0 aliphatic carbocycles. The Balaban J connectivity index is 1.37. The predicted octanol–water partition coefficient (Wildman–Crippen LogP) is 3.89. The molecule has 1 atom stereocenters. The van der Waals surface area contributed by atoms with Crippen LogP contribution >= 0.6 is 11.3 Å². The number of thiophene rings is 1. The molecular weight excluding hydrogens is 434 g/mol. The number of nitrogens with one attached hydrogen (secondary N) is 1. The summed E-state index contributed by atoms with van der Waals surface area (Å²) in [6, 6.07) is 17.6. The molecule has 2 amide bonds. The second kappa shape index (κ2) is 9.46. The Labute approximate surface area is 196 Å². The molecule has 7 nitrogen and oxygen atoms in total. The quantitative estimate of drug-likeness (QED) is 0.475. The molecule has 0 unspecified atom stereocenters. The van der Waals surface area contributed by atoms with Crippen LogP contribution in [0.25, 0.3) is 11.5 Å². The fourth-order valence-corrected chi connectivity index (χ4v) is 4.90. The van der Waals surface area contributed by atoms with E-state index >= 15 is 0 Å². The van der Waals surface area contributed by atoms with Crippen molar-refractivity contribution in [2.24, 2.45) is 5.92 Å². The monoisotopic (exact) mass is 459 g/mol. The van der Waals surface area contributed by atoms with Crippen molar-refractivity contribution in [1.29, 1.82) is 0 Å². The van der Waals surface area contributed by atoms with Gasteiger partial charge in [-0.2, -0.15) is 5.10 Å². The molecule has 0 spiro atoms. The van der Waals surface area contributed by atoms with E-state index in [2.05, 4.69) is 10.4 Å². The first kappa shape index (κ1) is 21.2. The molecule has 3 aromatic heterocycles. The van der Waals surface area contributed by atoms with E-state index in [0.717, 1.165) is 23.4 Å². The number of nitrogens with zero attached hydrogens (tertiary/aromatic N) is 4. The maximum absolute atomic E-state index is 13.6. The zero-order valence-corrected chi connectivity index (χ0v) is 18.9. The Morgan fingerprint density at radius 2 is 1.88 bits per heavy atom. The van der Waals surface area contributed by atoms with Gasteiger partial charge in [-0.25, -0.2) is 4.68 Å². The molecule has 0 bridgehead atoms. The van der Waals surface area contributed by atoms with Crippen molar-refractivity contribution in [3.05, 3.63) is 89.0 Å². The second-order valence-electron chi connectivity index (χ2n) is 8.11. The maximum atomic E-state index is 13.6. The molecule has 1 aliphatic heterocycles. The number of amides is 2. The summed E-state index contributed by atoms with van der Waals surface area (Å²) in [4.78, 5) is 29.3. The summed E-state index contributed by atoms with van der Waals surface area (Å²) in [5.41, 5.74) is 1.40. The Bertz CT molecular complexity index is 1220. The summed E-state index contributed by atoms with van der Waals surface area (Å²) in [6.07, 6.45) is 7.03. The topological polar surface area (TPSA) is 72.2 Å². The molecule has 1 saturated heterocycles. The molecule has 1 fully saturated rings. The van der Waals surface area contributed by atoms with Crippen LogP contribution in [0.15, 0.2) is 78.6 Å². The predicted molar refractivity (Wildman–Crippen MR) is 128 cm³/mol. The Kier molecular flexibility index (Phi) is 6.08. The molecule has 0 radical (unpaired) electrons. The second-order valence-corrected chi connectivity index (χ2v) is 9.14. The number of hydrogen-bond acceptors (Lipinski definition) is 4. The largest absolute Gasteiger partial charge is 0.351 e. The lowest BCUT2D eigenvalue weighted by Gasteiger charge is -2.32. The van der Waals surface area contributed by atoms with Crippen LogP contribution in [0.3, 0.4) is 0 Å². The van der Waals surface area contributed by atoms with Gasteiger partial charge in [-0.3, -0.25) is 9.59 Å². The first-order chi connectivity index (χ1) is 16.2. The molecule has 0 saturated carbocycles. The van der Waals surface area contributed by atoms with Crippen LogP contribution in [0.5, 0.6) is 0 Å². The number of para-hydroxylation sites is 1. The van der Waals surface area contributed by atoms with Crippen molar-refractivity contribution in [3.8, 4) is 11.5 Å². The summed E-state index contributed by atoms with van der Waals surface area (Å²) < 4.78 is 3.69. The molecule has 4 aromatic rings. The van der Waals surface area contributed by atoms with Gasteiger partial charge in [0.05, 0.1) is 24.3 Å². The van der Waals surface area contributed by atoms with Crippen LogP contribution in [-0.4, -0.2) is 44.2 Å². The summed E-state index contributed by atoms with van der Waals surface area (Å²) in [6.45, 7) is 1.58. The number of rotatable bonds is 6. The Morgan fingerprint density at radius 1 is 1.06 bits per heavy atom. The van der Waals surface area contributed by atoms with E-state index in [-0.39, 0.29) is 17.7 Å². The van der Waals surface area contributed by atoms with Crippen molar-refractivity contribution >= 4 is 23.2 Å². The first-order valence-electron chi connectivity index (χ1n) is 11.1. The summed E-state index contributed by atoms with van der Waals surface area (Å²) in [7, 11) is 0. The highest BCUT2D eigenvalue weighted by atomic mass is 32.1. The van der Waals surface area contributed by atoms with Gasteiger partial charge < -0.3 is 14.8 Å². The number of carbonyl (C=O) groups is 2. The van der Waals surface area contributed by atoms with Crippen molar-refractivity contribution in [2.45, 2.75) is 19.4 Å². The van der Waals surface area contributed by atoms with Crippen LogP contribution in [-0.2, 0) is 11.3 Å². The lowest BCUT2D eigenvalue weighted by Crippen LogP contribution is -2.45. The van der Waals surface area contributed by atoms with E-state index in [9.17, 15) is 9.59 Å². The van der Waals surface area contributed by atoms with Crippen LogP contribution in [0.4, 0.5) is 0 Å². The smallest absolute Gasteiger partial charge is 0.259 e. The van der Waals surface area contributed by atoms with Crippen molar-refractivity contribution < 1.29 is 9.59 Å². The minimum Gasteiger partial charge on any atom is -0.351 e. The van der Waals surface area contributed by atoms with Crippen molar-refractivity contribution in [1.82, 2.24) is 24.6 Å². The average Bonchev–Trinajstić information content (AvgIpc) is 3.64. The number of benzene rings is 1. The van der Waals surface area contributed by atoms with Gasteiger partial charge in [0.25, 0.3) is 5.91 Å². The molecule has 1 aliphatic rings. The minimum absolute atomic E-state index is 0.00603. The third-order valence-electron chi connectivity index (χ3n) is 5.92. The minimum atomic E-state index is -0.207. The van der Waals surface area contributed by atoms with E-state index in [0.29, 0.717) is 31.0 Å². The number of carbonyl (C=O) groups excluding carboxylic acids is 2. The zero-order chi connectivity index (χ0) is 22.6. The van der Waals surface area contributed by atoms with Gasteiger partial charge in [-0.05, 0) is 48.6 Å². The first-order valence-corrected chi connectivity index (χ1v) is 11.9. The van der Waals surface area contributed by atoms with E-state index < -0.39 is 0 Å². The van der Waals surface area contributed by atoms with E-state index in [1.165, 1.54) is 0 Å². The SMILES string of the molecule is O=C(NCc1cccs1)[C@@H]1CCCN(C(=O)c2cnn(-c3ccccc3)c2-n2cccc2)C1. The van der Waals surface area contributed by atoms with Gasteiger partial charge in [0.1, 0.15) is 5.56 Å². The van der Waals surface area contributed by atoms with Gasteiger partial charge in [0.2, 0.25) is 5.91 Å². The highest BCUT2D eigenvalue weighted by Crippen LogP contribution is 2.24. The van der Waals surface area contributed by atoms with Gasteiger partial charge in [0.15, 0.2) is 5.82 Å². The summed E-state index contributed by atoms with van der Waals surface area (Å²) in [5, 5.41) is 9.57. The average molecular weight is 460 g/mol. The van der Waals surface area contributed by atoms with Crippen LogP contribution in [0.1, 0.15) is 28.1 Å². The van der Waals surface area contributed by atoms with Gasteiger partial charge >= 0.3 is 0 Å². The highest BCUT2D eigenvalue weighted by molar-refractivity contribution is 7.09. The van der Waals surface area contributed by atoms with Gasteiger partial charge in [0, 0.05) is 30.4 Å². The van der Waals surface area contributed by atoms with Crippen molar-refractivity contribution in [3.63, 3.8) is 0 Å². The lowest BCUT2D eigenvalue weighted by molar-refractivity contribution is -0.126. The summed E-state index contributed by atoms with van der Waals surface area (Å²) >= 11 is 1.62. The van der Waals surface area contributed by atoms with E-state index in [4.69, 9.17) is 0 Å². The van der Waals surface area contributed by atoms with Crippen LogP contribution < -0.4 is 5.32 Å². The van der Waals surface area contributed by atoms with E-state index in [1.54, 1.807) is 27.1 Å². The highest BCUT2D eigenvalue weighted by Gasteiger charge is 2.31. The standard InChI is InChI=1S/C25H25N5O2S/c31-23(26-16-21-11-7-15-33-21)19-8-6-14-29(18-19)25(32)22-17-27-30(20-9-2-1-3-10-20)24(22)28-12-4-5-13-28/h1-5,7,9-13,15,17,19H,6,8,14,16,18H2,(H,26,31)/t19-/m1/s1. The number of hydrogen-bond donors (Lipinski definition) is 1. The van der Waals surface area contributed by atoms with Gasteiger partial charge in [-0.15, -0.1) is 11.3 Å². The third kappa shape index (κ3) is 4.47. The summed E-state index contributed by atoms with van der Waals surface area (Å²) in [5.74, 6) is 0.394. The third-order valence-corrected chi connectivity index (χ3v) is 6.80. The Morgan fingerprint density at radius 3 is 2.64 bits per heavy atom. The number of aromatic nitrogens is 3. The molecule has 1 aromatic carbocycles. The molecule has 33 heavy (non-hydrogen) atoms. The molecule has 8 heteroatoms. The molecule has 1 N–H and O–H groups in total. The lowest BCUT2D eigenvalue weighted by atomic mass is 9.96. The van der Waals surface area contributed by atoms with Crippen LogP contribution in [0, 0.1) is 5.92 Å². The molecule has 4 heterocycles. The molecular formula is C25H25N5O2S. The Hall–Kier alpha value is -3.65. The fraction of sp³-hybridized carbons (Fsp3) is 0.240. The number of piperidine rings is 1. The van der Waals surface area contributed by atoms with Crippen LogP contribution in [0.2, 0.25) is 0 Å². The molecule has 168 valence electrons. The van der Waals surface area contributed by atoms with E-state index in [1.807, 2.05) is 76.9 Å².